The van der Waals surface area contributed by atoms with E-state index < -0.39 is 0 Å². The Hall–Kier alpha value is -1.77. The number of rotatable bonds is 6. The molecule has 0 heterocycles. The Bertz CT molecular complexity index is 805. The third kappa shape index (κ3) is 4.13. The van der Waals surface area contributed by atoms with Crippen LogP contribution in [0, 0.1) is 0 Å². The number of methoxy groups -OCH3 is 1. The van der Waals surface area contributed by atoms with E-state index in [0.717, 1.165) is 25.0 Å². The summed E-state index contributed by atoms with van der Waals surface area (Å²) in [7, 11) is 1.75. The molecule has 0 aromatic heterocycles. The first-order valence-corrected chi connectivity index (χ1v) is 9.27. The predicted molar refractivity (Wildman–Crippen MR) is 114 cm³/mol. The van der Waals surface area contributed by atoms with Gasteiger partial charge in [-0.15, -0.1) is 12.4 Å². The summed E-state index contributed by atoms with van der Waals surface area (Å²) in [6.07, 6.45) is 7.71. The summed E-state index contributed by atoms with van der Waals surface area (Å²) in [6, 6.07) is 15.5. The molecule has 1 aliphatic rings. The van der Waals surface area contributed by atoms with Crippen molar-refractivity contribution in [2.45, 2.75) is 51.6 Å². The summed E-state index contributed by atoms with van der Waals surface area (Å²) in [4.78, 5) is 0. The molecule has 1 N–H and O–H groups in total. The number of benzene rings is 2. The first-order valence-electron chi connectivity index (χ1n) is 9.27. The SMILES string of the molecule is CCC[C@]1(N[C@H](C)c2cccc3ccccc23)C=CC(OC)=C(C)C1.Cl. The number of hydrogen-bond donors (Lipinski definition) is 1. The zero-order valence-corrected chi connectivity index (χ0v) is 17.0. The summed E-state index contributed by atoms with van der Waals surface area (Å²) in [5.74, 6) is 1.01. The van der Waals surface area contributed by atoms with Gasteiger partial charge in [0.2, 0.25) is 0 Å². The zero-order chi connectivity index (χ0) is 17.9. The number of halogens is 1. The lowest BCUT2D eigenvalue weighted by molar-refractivity contribution is 0.277. The average molecular weight is 372 g/mol. The van der Waals surface area contributed by atoms with Crippen LogP contribution in [-0.2, 0) is 4.74 Å². The van der Waals surface area contributed by atoms with Crippen LogP contribution in [0.15, 0.2) is 65.9 Å². The van der Waals surface area contributed by atoms with Gasteiger partial charge in [0.1, 0.15) is 5.76 Å². The van der Waals surface area contributed by atoms with Crippen molar-refractivity contribution in [3.63, 3.8) is 0 Å². The van der Waals surface area contributed by atoms with E-state index in [1.807, 2.05) is 0 Å². The van der Waals surface area contributed by atoms with Gasteiger partial charge in [-0.05, 0) is 54.7 Å². The number of ether oxygens (including phenoxy) is 1. The molecule has 0 fully saturated rings. The molecule has 0 bridgehead atoms. The number of allylic oxidation sites excluding steroid dienone is 1. The van der Waals surface area contributed by atoms with Crippen molar-refractivity contribution >= 4 is 23.2 Å². The molecule has 3 heteroatoms. The number of hydrogen-bond acceptors (Lipinski definition) is 2. The highest BCUT2D eigenvalue weighted by molar-refractivity contribution is 5.86. The van der Waals surface area contributed by atoms with Crippen molar-refractivity contribution in [2.24, 2.45) is 0 Å². The number of fused-ring (bicyclic) bond motifs is 1. The summed E-state index contributed by atoms with van der Waals surface area (Å²) in [5, 5.41) is 6.58. The molecule has 2 nitrogen and oxygen atoms in total. The molecular formula is C23H30ClNO. The van der Waals surface area contributed by atoms with Gasteiger partial charge in [-0.25, -0.2) is 0 Å². The fourth-order valence-electron chi connectivity index (χ4n) is 4.17. The first-order chi connectivity index (χ1) is 12.1. The first kappa shape index (κ1) is 20.5. The molecule has 0 spiro atoms. The van der Waals surface area contributed by atoms with Crippen LogP contribution in [0.1, 0.15) is 51.6 Å². The molecule has 0 saturated heterocycles. The molecule has 0 amide bonds. The second kappa shape index (κ2) is 8.75. The highest BCUT2D eigenvalue weighted by atomic mass is 35.5. The molecule has 0 saturated carbocycles. The van der Waals surface area contributed by atoms with Gasteiger partial charge in [0.05, 0.1) is 7.11 Å². The minimum absolute atomic E-state index is 0. The second-order valence-electron chi connectivity index (χ2n) is 7.20. The smallest absolute Gasteiger partial charge is 0.117 e. The molecule has 140 valence electrons. The summed E-state index contributed by atoms with van der Waals surface area (Å²) < 4.78 is 5.49. The maximum absolute atomic E-state index is 5.49. The highest BCUT2D eigenvalue weighted by Gasteiger charge is 2.32. The summed E-state index contributed by atoms with van der Waals surface area (Å²) in [6.45, 7) is 6.71. The van der Waals surface area contributed by atoms with Crippen molar-refractivity contribution in [1.82, 2.24) is 5.32 Å². The minimum Gasteiger partial charge on any atom is -0.497 e. The third-order valence-corrected chi connectivity index (χ3v) is 5.26. The molecule has 3 rings (SSSR count). The van der Waals surface area contributed by atoms with Crippen LogP contribution >= 0.6 is 12.4 Å². The largest absolute Gasteiger partial charge is 0.497 e. The molecule has 0 radical (unpaired) electrons. The van der Waals surface area contributed by atoms with Crippen molar-refractivity contribution in [1.29, 1.82) is 0 Å². The molecule has 0 unspecified atom stereocenters. The van der Waals surface area contributed by atoms with Gasteiger partial charge in [-0.1, -0.05) is 61.9 Å². The van der Waals surface area contributed by atoms with E-state index in [1.54, 1.807) is 7.11 Å². The van der Waals surface area contributed by atoms with Gasteiger partial charge in [0.15, 0.2) is 0 Å². The van der Waals surface area contributed by atoms with E-state index in [-0.39, 0.29) is 24.0 Å². The maximum Gasteiger partial charge on any atom is 0.117 e. The van der Waals surface area contributed by atoms with E-state index in [4.69, 9.17) is 4.74 Å². The van der Waals surface area contributed by atoms with Crippen molar-refractivity contribution < 1.29 is 4.74 Å². The average Bonchev–Trinajstić information content (AvgIpc) is 2.61. The summed E-state index contributed by atoms with van der Waals surface area (Å²) in [5.41, 5.74) is 2.68. The van der Waals surface area contributed by atoms with Gasteiger partial charge in [-0.2, -0.15) is 0 Å². The van der Waals surface area contributed by atoms with Crippen molar-refractivity contribution in [2.75, 3.05) is 7.11 Å². The van der Waals surface area contributed by atoms with Gasteiger partial charge in [-0.3, -0.25) is 0 Å². The van der Waals surface area contributed by atoms with Crippen LogP contribution in [0.3, 0.4) is 0 Å². The standard InChI is InChI=1S/C23H29NO.ClH/c1-5-14-23(15-13-22(25-4)17(2)16-23)24-18(3)20-12-8-10-19-9-6-7-11-21(19)20;/h6-13,15,18,24H,5,14,16H2,1-4H3;1H/t18-,23+;/m1./s1. The normalized spacial score (nSPS) is 20.8. The molecule has 2 aromatic carbocycles. The van der Waals surface area contributed by atoms with E-state index in [0.29, 0.717) is 0 Å². The molecule has 2 atom stereocenters. The lowest BCUT2D eigenvalue weighted by Gasteiger charge is -2.38. The van der Waals surface area contributed by atoms with Crippen molar-refractivity contribution in [3.05, 3.63) is 71.5 Å². The quantitative estimate of drug-likeness (QED) is 0.640. The Kier molecular flexibility index (Phi) is 6.91. The van der Waals surface area contributed by atoms with Crippen LogP contribution in [0.5, 0.6) is 0 Å². The molecule has 2 aromatic rings. The fraction of sp³-hybridized carbons (Fsp3) is 0.391. The van der Waals surface area contributed by atoms with Crippen LogP contribution in [-0.4, -0.2) is 12.6 Å². The van der Waals surface area contributed by atoms with Crippen LogP contribution in [0.2, 0.25) is 0 Å². The van der Waals surface area contributed by atoms with E-state index in [9.17, 15) is 0 Å². The van der Waals surface area contributed by atoms with Crippen molar-refractivity contribution in [3.8, 4) is 0 Å². The Morgan fingerprint density at radius 3 is 2.58 bits per heavy atom. The van der Waals surface area contributed by atoms with Gasteiger partial charge in [0.25, 0.3) is 0 Å². The second-order valence-corrected chi connectivity index (χ2v) is 7.20. The Labute approximate surface area is 163 Å². The maximum atomic E-state index is 5.49. The third-order valence-electron chi connectivity index (χ3n) is 5.26. The summed E-state index contributed by atoms with van der Waals surface area (Å²) >= 11 is 0. The molecule has 26 heavy (non-hydrogen) atoms. The lowest BCUT2D eigenvalue weighted by atomic mass is 9.81. The van der Waals surface area contributed by atoms with Gasteiger partial charge < -0.3 is 10.1 Å². The monoisotopic (exact) mass is 371 g/mol. The molecular weight excluding hydrogens is 342 g/mol. The van der Waals surface area contributed by atoms with Crippen LogP contribution < -0.4 is 5.32 Å². The van der Waals surface area contributed by atoms with E-state index in [1.165, 1.54) is 21.9 Å². The zero-order valence-electron chi connectivity index (χ0n) is 16.2. The highest BCUT2D eigenvalue weighted by Crippen LogP contribution is 2.34. The fourth-order valence-corrected chi connectivity index (χ4v) is 4.17. The Morgan fingerprint density at radius 2 is 1.88 bits per heavy atom. The predicted octanol–water partition coefficient (Wildman–Crippen LogP) is 6.33. The van der Waals surface area contributed by atoms with Crippen LogP contribution in [0.4, 0.5) is 0 Å². The Balaban J connectivity index is 0.00000243. The number of nitrogens with one attached hydrogen (secondary N) is 1. The molecule has 0 aliphatic heterocycles. The van der Waals surface area contributed by atoms with E-state index >= 15 is 0 Å². The van der Waals surface area contributed by atoms with Crippen LogP contribution in [0.25, 0.3) is 10.8 Å². The lowest BCUT2D eigenvalue weighted by Crippen LogP contribution is -2.46. The van der Waals surface area contributed by atoms with E-state index in [2.05, 4.69) is 80.7 Å². The van der Waals surface area contributed by atoms with Gasteiger partial charge >= 0.3 is 0 Å². The minimum atomic E-state index is -0.00275. The topological polar surface area (TPSA) is 21.3 Å². The van der Waals surface area contributed by atoms with Gasteiger partial charge in [0, 0.05) is 11.6 Å². The molecule has 1 aliphatic carbocycles. The Morgan fingerprint density at radius 1 is 1.15 bits per heavy atom.